The van der Waals surface area contributed by atoms with Gasteiger partial charge in [0.2, 0.25) is 0 Å². The molecule has 0 aliphatic carbocycles. The lowest BCUT2D eigenvalue weighted by molar-refractivity contribution is -0.141. The highest BCUT2D eigenvalue weighted by atomic mass is 16.9. The van der Waals surface area contributed by atoms with E-state index >= 15 is 0 Å². The number of nitrogens with zero attached hydrogens (tertiary/aromatic N) is 5. The second kappa shape index (κ2) is 13.2. The maximum atomic E-state index is 13.3. The van der Waals surface area contributed by atoms with Gasteiger partial charge in [-0.05, 0) is 84.9 Å². The summed E-state index contributed by atoms with van der Waals surface area (Å²) in [5.41, 5.74) is 3.95. The molecule has 10 heteroatoms. The normalized spacial score (nSPS) is 16.7. The minimum atomic E-state index is -1.35. The number of pyridine rings is 4. The third-order valence-electron chi connectivity index (χ3n) is 7.48. The number of rotatable bonds is 11. The quantitative estimate of drug-likeness (QED) is 0.0914. The minimum absolute atomic E-state index is 0.273. The monoisotopic (exact) mass is 623 g/mol. The van der Waals surface area contributed by atoms with Crippen molar-refractivity contribution in [2.45, 2.75) is 18.9 Å². The Balaban J connectivity index is 0.945. The van der Waals surface area contributed by atoms with E-state index in [1.54, 1.807) is 68.0 Å². The molecule has 2 atom stereocenters. The number of aromatic nitrogens is 4. The minimum Gasteiger partial charge on any atom is -0.487 e. The first-order valence-corrected chi connectivity index (χ1v) is 14.9. The summed E-state index contributed by atoms with van der Waals surface area (Å²) >= 11 is 0. The van der Waals surface area contributed by atoms with Gasteiger partial charge >= 0.3 is 5.97 Å². The van der Waals surface area contributed by atoms with Crippen molar-refractivity contribution in [2.75, 3.05) is 7.05 Å². The van der Waals surface area contributed by atoms with E-state index in [9.17, 15) is 4.79 Å². The summed E-state index contributed by atoms with van der Waals surface area (Å²) in [4.78, 5) is 37.0. The zero-order valence-electron chi connectivity index (χ0n) is 25.4. The van der Waals surface area contributed by atoms with E-state index in [2.05, 4.69) is 19.9 Å². The third-order valence-corrected chi connectivity index (χ3v) is 7.48. The predicted octanol–water partition coefficient (Wildman–Crippen LogP) is 6.39. The fourth-order valence-electron chi connectivity index (χ4n) is 5.00. The van der Waals surface area contributed by atoms with E-state index in [1.807, 2.05) is 72.8 Å². The topological polar surface area (TPSA) is 112 Å². The van der Waals surface area contributed by atoms with E-state index in [4.69, 9.17) is 19.0 Å². The number of benzene rings is 2. The Morgan fingerprint density at radius 1 is 0.617 bits per heavy atom. The number of likely N-dealkylation sites (N-methyl/N-ethyl adjacent to an activating group) is 1. The largest absolute Gasteiger partial charge is 0.487 e. The van der Waals surface area contributed by atoms with Crippen LogP contribution in [0.1, 0.15) is 17.0 Å². The van der Waals surface area contributed by atoms with E-state index < -0.39 is 11.7 Å². The van der Waals surface area contributed by atoms with Gasteiger partial charge in [-0.2, -0.15) is 0 Å². The van der Waals surface area contributed by atoms with Crippen LogP contribution in [-0.4, -0.2) is 38.0 Å². The van der Waals surface area contributed by atoms with Crippen molar-refractivity contribution < 1.29 is 23.8 Å². The molecule has 2 unspecified atom stereocenters. The maximum absolute atomic E-state index is 13.3. The fraction of sp³-hybridized carbons (Fsp3) is 0.108. The van der Waals surface area contributed by atoms with Crippen LogP contribution in [0.2, 0.25) is 0 Å². The number of carbonyl (C=O) groups excluding carboxylic acids is 1. The van der Waals surface area contributed by atoms with E-state index in [1.165, 1.54) is 5.06 Å². The summed E-state index contributed by atoms with van der Waals surface area (Å²) in [5, 5.41) is 1.46. The van der Waals surface area contributed by atoms with Crippen molar-refractivity contribution in [1.29, 1.82) is 0 Å². The average molecular weight is 624 g/mol. The predicted molar refractivity (Wildman–Crippen MR) is 173 cm³/mol. The highest BCUT2D eigenvalue weighted by Crippen LogP contribution is 2.44. The van der Waals surface area contributed by atoms with E-state index in [0.717, 1.165) is 34.2 Å². The molecule has 0 spiro atoms. The summed E-state index contributed by atoms with van der Waals surface area (Å²) in [7, 11) is 1.68. The molecule has 5 heterocycles. The number of ether oxygens (including phenoxy) is 3. The first kappa shape index (κ1) is 29.7. The molecule has 0 radical (unpaired) electrons. The van der Waals surface area contributed by atoms with Crippen molar-refractivity contribution >= 4 is 5.97 Å². The standard InChI is InChI=1S/C37H29N5O5/c1-42-37(47-42,26-14-16-29(17-15-26)44-24-27-8-6-12-34(40-27)32-10-2-4-22-38-32)36(43)46-31-20-18-30(19-21-31)45-25-28-9-7-13-35(41-28)33-11-3-5-23-39-33/h2-23H,24-25H2,1H3. The van der Waals surface area contributed by atoms with Gasteiger partial charge in [0.15, 0.2) is 0 Å². The Labute approximate surface area is 271 Å². The average Bonchev–Trinajstić information content (AvgIpc) is 3.83. The molecule has 4 aromatic heterocycles. The third kappa shape index (κ3) is 6.69. The summed E-state index contributed by atoms with van der Waals surface area (Å²) in [6, 6.07) is 36.9. The molecule has 6 aromatic rings. The van der Waals surface area contributed by atoms with E-state index in [-0.39, 0.29) is 13.2 Å². The van der Waals surface area contributed by atoms with Gasteiger partial charge in [-0.25, -0.2) is 14.8 Å². The molecule has 10 nitrogen and oxygen atoms in total. The number of hydroxylamine groups is 2. The number of carbonyl (C=O) groups is 1. The van der Waals surface area contributed by atoms with Gasteiger partial charge in [-0.1, -0.05) is 36.4 Å². The van der Waals surface area contributed by atoms with Gasteiger partial charge in [0.25, 0.3) is 5.72 Å². The Hall–Kier alpha value is -5.97. The van der Waals surface area contributed by atoms with Gasteiger partial charge < -0.3 is 14.2 Å². The Morgan fingerprint density at radius 2 is 1.09 bits per heavy atom. The maximum Gasteiger partial charge on any atom is 0.368 e. The Kier molecular flexibility index (Phi) is 8.33. The lowest BCUT2D eigenvalue weighted by Crippen LogP contribution is -2.30. The van der Waals surface area contributed by atoms with Crippen molar-refractivity contribution in [2.24, 2.45) is 0 Å². The van der Waals surface area contributed by atoms with Gasteiger partial charge in [0.1, 0.15) is 30.5 Å². The molecular weight excluding hydrogens is 594 g/mol. The van der Waals surface area contributed by atoms with Crippen molar-refractivity contribution in [3.05, 3.63) is 151 Å². The number of esters is 1. The smallest absolute Gasteiger partial charge is 0.368 e. The van der Waals surface area contributed by atoms with Crippen LogP contribution in [-0.2, 0) is 28.6 Å². The molecule has 7 rings (SSSR count). The van der Waals surface area contributed by atoms with Crippen LogP contribution >= 0.6 is 0 Å². The Morgan fingerprint density at radius 3 is 1.55 bits per heavy atom. The molecule has 0 bridgehead atoms. The van der Waals surface area contributed by atoms with Crippen LogP contribution in [0.4, 0.5) is 0 Å². The van der Waals surface area contributed by atoms with Crippen molar-refractivity contribution in [3.63, 3.8) is 0 Å². The molecular formula is C37H29N5O5. The second-order valence-corrected chi connectivity index (χ2v) is 10.7. The summed E-state index contributed by atoms with van der Waals surface area (Å²) in [5.74, 6) is 1.04. The molecule has 232 valence electrons. The van der Waals surface area contributed by atoms with Crippen molar-refractivity contribution in [1.82, 2.24) is 25.0 Å². The molecule has 0 amide bonds. The van der Waals surface area contributed by atoms with Crippen LogP contribution in [0.3, 0.4) is 0 Å². The molecule has 1 aliphatic heterocycles. The SMILES string of the molecule is CN1OC1(C(=O)Oc1ccc(OCc2cccc(-c3ccccn3)n2)cc1)c1ccc(OCc2cccc(-c3ccccn3)n2)cc1. The lowest BCUT2D eigenvalue weighted by atomic mass is 10.1. The van der Waals surface area contributed by atoms with Gasteiger partial charge in [0.05, 0.1) is 34.2 Å². The summed E-state index contributed by atoms with van der Waals surface area (Å²) in [6.45, 7) is 0.548. The molecule has 0 saturated carbocycles. The van der Waals surface area contributed by atoms with Gasteiger partial charge in [-0.15, -0.1) is 5.06 Å². The lowest BCUT2D eigenvalue weighted by Gasteiger charge is -2.13. The molecule has 2 aromatic carbocycles. The number of hydrogen-bond acceptors (Lipinski definition) is 10. The van der Waals surface area contributed by atoms with Gasteiger partial charge in [0, 0.05) is 25.0 Å². The summed E-state index contributed by atoms with van der Waals surface area (Å²) < 4.78 is 17.6. The van der Waals surface area contributed by atoms with Crippen LogP contribution < -0.4 is 14.2 Å². The zero-order chi connectivity index (χ0) is 32.1. The first-order valence-electron chi connectivity index (χ1n) is 14.9. The molecule has 1 aliphatic rings. The van der Waals surface area contributed by atoms with Crippen LogP contribution in [0.25, 0.3) is 22.8 Å². The summed E-state index contributed by atoms with van der Waals surface area (Å²) in [6.07, 6.45) is 3.47. The number of hydrogen-bond donors (Lipinski definition) is 0. The zero-order valence-corrected chi connectivity index (χ0v) is 25.4. The molecule has 0 N–H and O–H groups in total. The van der Waals surface area contributed by atoms with Crippen LogP contribution in [0.15, 0.2) is 134 Å². The van der Waals surface area contributed by atoms with Crippen LogP contribution in [0, 0.1) is 0 Å². The fourth-order valence-corrected chi connectivity index (χ4v) is 5.00. The van der Waals surface area contributed by atoms with Gasteiger partial charge in [-0.3, -0.25) is 14.8 Å². The highest BCUT2D eigenvalue weighted by molar-refractivity contribution is 5.84. The second-order valence-electron chi connectivity index (χ2n) is 10.7. The molecule has 47 heavy (non-hydrogen) atoms. The van der Waals surface area contributed by atoms with Crippen LogP contribution in [0.5, 0.6) is 17.2 Å². The molecule has 1 fully saturated rings. The van der Waals surface area contributed by atoms with E-state index in [0.29, 0.717) is 22.8 Å². The highest BCUT2D eigenvalue weighted by Gasteiger charge is 2.62. The molecule has 1 saturated heterocycles. The van der Waals surface area contributed by atoms with Crippen molar-refractivity contribution in [3.8, 4) is 40.0 Å². The Bertz CT molecular complexity index is 1980. The first-order chi connectivity index (χ1) is 23.1.